The molecule has 0 aromatic heterocycles. The van der Waals surface area contributed by atoms with Gasteiger partial charge < -0.3 is 5.73 Å². The molecule has 0 amide bonds. The Labute approximate surface area is 211 Å². The minimum absolute atomic E-state index is 0.423. The van der Waals surface area contributed by atoms with Crippen LogP contribution in [0.15, 0.2) is 0 Å². The van der Waals surface area contributed by atoms with E-state index in [2.05, 4.69) is 27.7 Å². The summed E-state index contributed by atoms with van der Waals surface area (Å²) in [6.45, 7) is 9.29. The lowest BCUT2D eigenvalue weighted by molar-refractivity contribution is 0.141. The molecular weight excluding hydrogens is 398 g/mol. The molecule has 1 nitrogen and oxygen atoms in total. The van der Waals surface area contributed by atoms with Gasteiger partial charge in [0.1, 0.15) is 0 Å². The van der Waals surface area contributed by atoms with Crippen LogP contribution in [0.1, 0.15) is 195 Å². The lowest BCUT2D eigenvalue weighted by Gasteiger charge is -2.40. The first kappa shape index (κ1) is 33.0. The molecule has 2 N–H and O–H groups in total. The van der Waals surface area contributed by atoms with Gasteiger partial charge in [0.25, 0.3) is 0 Å². The molecule has 0 aliphatic heterocycles. The first-order valence-corrected chi connectivity index (χ1v) is 15.9. The second-order valence-corrected chi connectivity index (χ2v) is 11.4. The van der Waals surface area contributed by atoms with Crippen molar-refractivity contribution in [3.05, 3.63) is 0 Å². The van der Waals surface area contributed by atoms with Gasteiger partial charge in [-0.1, -0.05) is 169 Å². The van der Waals surface area contributed by atoms with E-state index in [1.165, 1.54) is 167 Å². The maximum absolute atomic E-state index is 7.13. The first-order chi connectivity index (χ1) is 16.2. The maximum Gasteiger partial charge on any atom is 0.00955 e. The summed E-state index contributed by atoms with van der Waals surface area (Å²) in [5.74, 6) is 0. The van der Waals surface area contributed by atoms with Gasteiger partial charge in [0.15, 0.2) is 0 Å². The van der Waals surface area contributed by atoms with Crippen LogP contribution in [0, 0.1) is 5.41 Å². The zero-order valence-corrected chi connectivity index (χ0v) is 24.0. The van der Waals surface area contributed by atoms with Gasteiger partial charge in [-0.2, -0.15) is 0 Å². The fraction of sp³-hybridized carbons (Fsp3) is 1.00. The van der Waals surface area contributed by atoms with Crippen molar-refractivity contribution in [1.82, 2.24) is 0 Å². The SMILES string of the molecule is CCCCCCCCC(CCCCCCC)(CCCCCCCC)C(N)CCCCCCC. The van der Waals surface area contributed by atoms with Crippen molar-refractivity contribution < 1.29 is 0 Å². The van der Waals surface area contributed by atoms with Crippen molar-refractivity contribution in [2.45, 2.75) is 201 Å². The number of rotatable bonds is 27. The van der Waals surface area contributed by atoms with E-state index < -0.39 is 0 Å². The van der Waals surface area contributed by atoms with Crippen LogP contribution in [0.5, 0.6) is 0 Å². The molecule has 200 valence electrons. The van der Waals surface area contributed by atoms with E-state index in [0.717, 1.165) is 0 Å². The van der Waals surface area contributed by atoms with Crippen molar-refractivity contribution in [2.75, 3.05) is 0 Å². The molecule has 0 rings (SSSR count). The van der Waals surface area contributed by atoms with Gasteiger partial charge in [0, 0.05) is 6.04 Å². The highest BCUT2D eigenvalue weighted by Crippen LogP contribution is 2.41. The molecule has 1 unspecified atom stereocenters. The van der Waals surface area contributed by atoms with Crippen molar-refractivity contribution in [3.63, 3.8) is 0 Å². The molecular formula is C32H67N. The molecule has 0 aromatic carbocycles. The van der Waals surface area contributed by atoms with Crippen LogP contribution >= 0.6 is 0 Å². The molecule has 0 aliphatic rings. The molecule has 0 saturated carbocycles. The predicted molar refractivity (Wildman–Crippen MR) is 153 cm³/mol. The van der Waals surface area contributed by atoms with Crippen LogP contribution in [-0.4, -0.2) is 6.04 Å². The average molecular weight is 466 g/mol. The Bertz CT molecular complexity index is 348. The lowest BCUT2D eigenvalue weighted by atomic mass is 9.67. The van der Waals surface area contributed by atoms with E-state index in [1.807, 2.05) is 0 Å². The molecule has 0 bridgehead atoms. The van der Waals surface area contributed by atoms with Crippen LogP contribution in [0.25, 0.3) is 0 Å². The molecule has 0 saturated heterocycles. The number of nitrogens with two attached hydrogens (primary N) is 1. The number of unbranched alkanes of at least 4 members (excludes halogenated alkanes) is 18. The van der Waals surface area contributed by atoms with Crippen molar-refractivity contribution >= 4 is 0 Å². The second kappa shape index (κ2) is 25.1. The summed E-state index contributed by atoms with van der Waals surface area (Å²) in [7, 11) is 0. The van der Waals surface area contributed by atoms with E-state index in [9.17, 15) is 0 Å². The Kier molecular flexibility index (Phi) is 25.0. The predicted octanol–water partition coefficient (Wildman–Crippen LogP) is 11.5. The van der Waals surface area contributed by atoms with Crippen molar-refractivity contribution in [2.24, 2.45) is 11.1 Å². The van der Waals surface area contributed by atoms with Gasteiger partial charge in [-0.25, -0.2) is 0 Å². The largest absolute Gasteiger partial charge is 0.327 e. The lowest BCUT2D eigenvalue weighted by Crippen LogP contribution is -2.42. The van der Waals surface area contributed by atoms with Gasteiger partial charge in [-0.05, 0) is 31.1 Å². The zero-order valence-electron chi connectivity index (χ0n) is 24.0. The molecule has 1 heteroatoms. The van der Waals surface area contributed by atoms with Gasteiger partial charge in [-0.15, -0.1) is 0 Å². The van der Waals surface area contributed by atoms with E-state index in [4.69, 9.17) is 5.73 Å². The molecule has 0 aliphatic carbocycles. The van der Waals surface area contributed by atoms with Gasteiger partial charge in [-0.3, -0.25) is 0 Å². The molecule has 0 heterocycles. The Balaban J connectivity index is 4.95. The molecule has 0 aromatic rings. The van der Waals surface area contributed by atoms with E-state index >= 15 is 0 Å². The molecule has 33 heavy (non-hydrogen) atoms. The summed E-state index contributed by atoms with van der Waals surface area (Å²) < 4.78 is 0. The third-order valence-corrected chi connectivity index (χ3v) is 8.24. The van der Waals surface area contributed by atoms with Crippen LogP contribution < -0.4 is 5.73 Å². The maximum atomic E-state index is 7.13. The second-order valence-electron chi connectivity index (χ2n) is 11.4. The topological polar surface area (TPSA) is 26.0 Å². The van der Waals surface area contributed by atoms with E-state index in [1.54, 1.807) is 0 Å². The van der Waals surface area contributed by atoms with Crippen LogP contribution in [0.2, 0.25) is 0 Å². The van der Waals surface area contributed by atoms with Crippen LogP contribution in [-0.2, 0) is 0 Å². The zero-order chi connectivity index (χ0) is 24.5. The van der Waals surface area contributed by atoms with Crippen LogP contribution in [0.4, 0.5) is 0 Å². The average Bonchev–Trinajstić information content (AvgIpc) is 2.82. The fourth-order valence-corrected chi connectivity index (χ4v) is 5.80. The first-order valence-electron chi connectivity index (χ1n) is 15.9. The Morgan fingerprint density at radius 3 is 1.00 bits per heavy atom. The highest BCUT2D eigenvalue weighted by atomic mass is 14.7. The quantitative estimate of drug-likeness (QED) is 0.120. The minimum Gasteiger partial charge on any atom is -0.327 e. The third kappa shape index (κ3) is 18.9. The highest BCUT2D eigenvalue weighted by molar-refractivity contribution is 4.89. The summed E-state index contributed by atoms with van der Waals surface area (Å²) in [5, 5.41) is 0. The Hall–Kier alpha value is -0.0400. The Morgan fingerprint density at radius 2 is 0.667 bits per heavy atom. The molecule has 0 spiro atoms. The summed E-state index contributed by atoms with van der Waals surface area (Å²) in [6, 6.07) is 0.427. The van der Waals surface area contributed by atoms with Crippen LogP contribution in [0.3, 0.4) is 0 Å². The van der Waals surface area contributed by atoms with Gasteiger partial charge in [0.05, 0.1) is 0 Å². The van der Waals surface area contributed by atoms with Crippen molar-refractivity contribution in [3.8, 4) is 0 Å². The fourth-order valence-electron chi connectivity index (χ4n) is 5.80. The van der Waals surface area contributed by atoms with Crippen molar-refractivity contribution in [1.29, 1.82) is 0 Å². The standard InChI is InChI=1S/C32H67N/c1-5-9-13-17-21-25-29-32(28-24-20-16-12-8-4,30-26-22-18-14-10-6-2)31(33)27-23-19-15-11-7-3/h31H,5-30,33H2,1-4H3. The molecule has 0 fully saturated rings. The molecule has 1 atom stereocenters. The smallest absolute Gasteiger partial charge is 0.00955 e. The summed E-state index contributed by atoms with van der Waals surface area (Å²) in [4.78, 5) is 0. The monoisotopic (exact) mass is 466 g/mol. The van der Waals surface area contributed by atoms with Gasteiger partial charge in [0.2, 0.25) is 0 Å². The summed E-state index contributed by atoms with van der Waals surface area (Å²) in [6.07, 6.45) is 36.3. The number of hydrogen-bond donors (Lipinski definition) is 1. The van der Waals surface area contributed by atoms with E-state index in [-0.39, 0.29) is 0 Å². The number of hydrogen-bond acceptors (Lipinski definition) is 1. The van der Waals surface area contributed by atoms with Gasteiger partial charge >= 0.3 is 0 Å². The summed E-state index contributed by atoms with van der Waals surface area (Å²) >= 11 is 0. The molecule has 0 radical (unpaired) electrons. The third-order valence-electron chi connectivity index (χ3n) is 8.24. The minimum atomic E-state index is 0.423. The van der Waals surface area contributed by atoms with E-state index in [0.29, 0.717) is 11.5 Å². The Morgan fingerprint density at radius 1 is 0.394 bits per heavy atom. The highest BCUT2D eigenvalue weighted by Gasteiger charge is 2.34. The summed E-state index contributed by atoms with van der Waals surface area (Å²) in [5.41, 5.74) is 7.56. The normalized spacial score (nSPS) is 13.0.